The number of rotatable bonds is 8. The first-order valence-corrected chi connectivity index (χ1v) is 7.48. The van der Waals surface area contributed by atoms with Crippen molar-refractivity contribution in [1.82, 2.24) is 15.5 Å². The van der Waals surface area contributed by atoms with Crippen molar-refractivity contribution in [3.63, 3.8) is 0 Å². The van der Waals surface area contributed by atoms with Gasteiger partial charge in [0.2, 0.25) is 5.89 Å². The predicted molar refractivity (Wildman–Crippen MR) is 84.4 cm³/mol. The Bertz CT molecular complexity index is 533. The zero-order valence-corrected chi connectivity index (χ0v) is 13.0. The topological polar surface area (TPSA) is 63.0 Å². The first-order valence-electron chi connectivity index (χ1n) is 7.48. The molecule has 0 amide bonds. The quantitative estimate of drug-likeness (QED) is 0.731. The third kappa shape index (κ3) is 4.86. The van der Waals surface area contributed by atoms with Crippen molar-refractivity contribution in [3.8, 4) is 0 Å². The highest BCUT2D eigenvalue weighted by Crippen LogP contribution is 2.15. The van der Waals surface area contributed by atoms with Crippen molar-refractivity contribution in [1.29, 1.82) is 0 Å². The third-order valence-corrected chi connectivity index (χ3v) is 3.36. The first-order chi connectivity index (χ1) is 10.2. The highest BCUT2D eigenvalue weighted by molar-refractivity contribution is 5.25. The monoisotopic (exact) mass is 288 g/mol. The smallest absolute Gasteiger partial charge is 0.315 e. The molecule has 5 heteroatoms. The second-order valence-electron chi connectivity index (χ2n) is 5.46. The van der Waals surface area contributed by atoms with Crippen LogP contribution in [0.3, 0.4) is 0 Å². The lowest BCUT2D eigenvalue weighted by Gasteiger charge is -2.07. The molecule has 2 N–H and O–H groups in total. The number of hydrogen-bond acceptors (Lipinski definition) is 5. The van der Waals surface area contributed by atoms with Gasteiger partial charge in [-0.15, -0.1) is 5.10 Å². The molecule has 2 rings (SSSR count). The van der Waals surface area contributed by atoms with Crippen LogP contribution in [-0.2, 0) is 13.0 Å². The minimum atomic E-state index is 0.496. The molecule has 0 atom stereocenters. The Morgan fingerprint density at radius 2 is 1.90 bits per heavy atom. The Morgan fingerprint density at radius 1 is 1.14 bits per heavy atom. The van der Waals surface area contributed by atoms with Crippen LogP contribution in [0.5, 0.6) is 0 Å². The van der Waals surface area contributed by atoms with Gasteiger partial charge >= 0.3 is 6.01 Å². The molecule has 0 saturated carbocycles. The van der Waals surface area contributed by atoms with Gasteiger partial charge in [0, 0.05) is 6.54 Å². The molecule has 21 heavy (non-hydrogen) atoms. The summed E-state index contributed by atoms with van der Waals surface area (Å²) < 4.78 is 5.42. The van der Waals surface area contributed by atoms with Crippen molar-refractivity contribution < 1.29 is 4.42 Å². The summed E-state index contributed by atoms with van der Waals surface area (Å²) in [6.07, 6.45) is 2.08. The molecule has 0 radical (unpaired) electrons. The van der Waals surface area contributed by atoms with Gasteiger partial charge in [-0.1, -0.05) is 43.2 Å². The molecule has 114 valence electrons. The fourth-order valence-corrected chi connectivity index (χ4v) is 2.10. The van der Waals surface area contributed by atoms with E-state index in [-0.39, 0.29) is 0 Å². The zero-order valence-electron chi connectivity index (χ0n) is 13.0. The van der Waals surface area contributed by atoms with Gasteiger partial charge in [-0.3, -0.25) is 0 Å². The van der Waals surface area contributed by atoms with Crippen LogP contribution in [0.2, 0.25) is 0 Å². The van der Waals surface area contributed by atoms with Crippen LogP contribution in [0.1, 0.15) is 43.2 Å². The van der Waals surface area contributed by atoms with E-state index >= 15 is 0 Å². The van der Waals surface area contributed by atoms with Gasteiger partial charge in [-0.05, 0) is 36.9 Å². The number of nitrogens with one attached hydrogen (secondary N) is 2. The van der Waals surface area contributed by atoms with Gasteiger partial charge in [0.15, 0.2) is 0 Å². The highest BCUT2D eigenvalue weighted by atomic mass is 16.4. The van der Waals surface area contributed by atoms with E-state index in [1.165, 1.54) is 11.1 Å². The molecule has 0 unspecified atom stereocenters. The molecule has 1 aromatic carbocycles. The Balaban J connectivity index is 1.71. The van der Waals surface area contributed by atoms with Crippen molar-refractivity contribution in [2.45, 2.75) is 39.2 Å². The Labute approximate surface area is 126 Å². The van der Waals surface area contributed by atoms with E-state index in [2.05, 4.69) is 58.9 Å². The second kappa shape index (κ2) is 7.78. The summed E-state index contributed by atoms with van der Waals surface area (Å²) in [5, 5.41) is 14.0. The van der Waals surface area contributed by atoms with Crippen molar-refractivity contribution in [2.75, 3.05) is 18.9 Å². The van der Waals surface area contributed by atoms with Crippen LogP contribution < -0.4 is 10.6 Å². The fraction of sp³-hybridized carbons (Fsp3) is 0.500. The summed E-state index contributed by atoms with van der Waals surface area (Å²) in [7, 11) is 1.85. The van der Waals surface area contributed by atoms with E-state index in [0.717, 1.165) is 19.4 Å². The SMILES string of the molecule is CNCc1nnc(NCCCc2ccc(C(C)C)cc2)o1. The molecular formula is C16H24N4O. The summed E-state index contributed by atoms with van der Waals surface area (Å²) in [6, 6.07) is 9.36. The Morgan fingerprint density at radius 3 is 2.57 bits per heavy atom. The largest absolute Gasteiger partial charge is 0.407 e. The number of aryl methyl sites for hydroxylation is 1. The first kappa shape index (κ1) is 15.5. The van der Waals surface area contributed by atoms with E-state index in [1.807, 2.05) is 7.05 Å². The van der Waals surface area contributed by atoms with Crippen molar-refractivity contribution >= 4 is 6.01 Å². The molecule has 0 aliphatic carbocycles. The Kier molecular flexibility index (Phi) is 5.75. The lowest BCUT2D eigenvalue weighted by atomic mass is 10.0. The normalized spacial score (nSPS) is 11.0. The number of nitrogens with zero attached hydrogens (tertiary/aromatic N) is 2. The van der Waals surface area contributed by atoms with Crippen molar-refractivity contribution in [3.05, 3.63) is 41.3 Å². The van der Waals surface area contributed by atoms with Gasteiger partial charge in [-0.25, -0.2) is 0 Å². The van der Waals surface area contributed by atoms with Gasteiger partial charge < -0.3 is 15.1 Å². The molecule has 0 saturated heterocycles. The maximum atomic E-state index is 5.42. The van der Waals surface area contributed by atoms with Gasteiger partial charge in [-0.2, -0.15) is 0 Å². The van der Waals surface area contributed by atoms with E-state index in [1.54, 1.807) is 0 Å². The van der Waals surface area contributed by atoms with E-state index < -0.39 is 0 Å². The highest BCUT2D eigenvalue weighted by Gasteiger charge is 2.04. The van der Waals surface area contributed by atoms with Crippen LogP contribution in [0.4, 0.5) is 6.01 Å². The van der Waals surface area contributed by atoms with Crippen LogP contribution in [-0.4, -0.2) is 23.8 Å². The minimum Gasteiger partial charge on any atom is -0.407 e. The minimum absolute atomic E-state index is 0.496. The molecule has 0 aliphatic rings. The third-order valence-electron chi connectivity index (χ3n) is 3.36. The van der Waals surface area contributed by atoms with Crippen molar-refractivity contribution in [2.24, 2.45) is 0 Å². The summed E-state index contributed by atoms with van der Waals surface area (Å²) >= 11 is 0. The fourth-order valence-electron chi connectivity index (χ4n) is 2.10. The molecule has 0 fully saturated rings. The summed E-state index contributed by atoms with van der Waals surface area (Å²) in [5.41, 5.74) is 2.75. The van der Waals surface area contributed by atoms with E-state index in [0.29, 0.717) is 24.4 Å². The summed E-state index contributed by atoms with van der Waals surface area (Å²) in [5.74, 6) is 1.19. The number of hydrogen-bond donors (Lipinski definition) is 2. The number of benzene rings is 1. The molecule has 0 bridgehead atoms. The van der Waals surface area contributed by atoms with Gasteiger partial charge in [0.1, 0.15) is 0 Å². The van der Waals surface area contributed by atoms with Crippen LogP contribution in [0.25, 0.3) is 0 Å². The molecule has 5 nitrogen and oxygen atoms in total. The number of aromatic nitrogens is 2. The lowest BCUT2D eigenvalue weighted by Crippen LogP contribution is -2.05. The van der Waals surface area contributed by atoms with E-state index in [4.69, 9.17) is 4.42 Å². The second-order valence-corrected chi connectivity index (χ2v) is 5.46. The maximum absolute atomic E-state index is 5.42. The molecule has 2 aromatic rings. The molecule has 1 aromatic heterocycles. The van der Waals surface area contributed by atoms with E-state index in [9.17, 15) is 0 Å². The average molecular weight is 288 g/mol. The standard InChI is InChI=1S/C16H24N4O/c1-12(2)14-8-6-13(7-9-14)5-4-10-18-16-20-19-15(21-16)11-17-3/h6-9,12,17H,4-5,10-11H2,1-3H3,(H,18,20). The van der Waals surface area contributed by atoms with Gasteiger partial charge in [0.05, 0.1) is 6.54 Å². The van der Waals surface area contributed by atoms with Crippen LogP contribution in [0.15, 0.2) is 28.7 Å². The molecule has 1 heterocycles. The van der Waals surface area contributed by atoms with Crippen LogP contribution >= 0.6 is 0 Å². The molecule has 0 spiro atoms. The molecular weight excluding hydrogens is 264 g/mol. The molecule has 0 aliphatic heterocycles. The van der Waals surface area contributed by atoms with Gasteiger partial charge in [0.25, 0.3) is 0 Å². The predicted octanol–water partition coefficient (Wildman–Crippen LogP) is 2.96. The number of anilines is 1. The summed E-state index contributed by atoms with van der Waals surface area (Å²) in [4.78, 5) is 0. The average Bonchev–Trinajstić information content (AvgIpc) is 2.92. The Hall–Kier alpha value is -1.88. The maximum Gasteiger partial charge on any atom is 0.315 e. The van der Waals surface area contributed by atoms with Crippen LogP contribution in [0, 0.1) is 0 Å². The zero-order chi connectivity index (χ0) is 15.1. The lowest BCUT2D eigenvalue weighted by molar-refractivity contribution is 0.489. The summed E-state index contributed by atoms with van der Waals surface area (Å²) in [6.45, 7) is 5.85.